The van der Waals surface area contributed by atoms with Crippen LogP contribution in [0.15, 0.2) is 24.3 Å². The Morgan fingerprint density at radius 1 is 1.29 bits per heavy atom. The molecule has 4 unspecified atom stereocenters. The number of rotatable bonds is 2. The lowest BCUT2D eigenvalue weighted by atomic mass is 9.70. The number of hydrogen-bond acceptors (Lipinski definition) is 3. The molecule has 0 saturated carbocycles. The van der Waals surface area contributed by atoms with Gasteiger partial charge in [0.2, 0.25) is 0 Å². The second-order valence-electron chi connectivity index (χ2n) is 6.91. The van der Waals surface area contributed by atoms with E-state index in [4.69, 9.17) is 10.5 Å². The second kappa shape index (κ2) is 5.71. The molecule has 1 aromatic carbocycles. The van der Waals surface area contributed by atoms with Gasteiger partial charge in [0.1, 0.15) is 0 Å². The van der Waals surface area contributed by atoms with Crippen LogP contribution in [0.5, 0.6) is 0 Å². The van der Waals surface area contributed by atoms with Gasteiger partial charge in [0.25, 0.3) is 0 Å². The lowest BCUT2D eigenvalue weighted by Crippen LogP contribution is -2.61. The smallest absolute Gasteiger partial charge is 0.0675 e. The molecule has 2 N–H and O–H groups in total. The highest BCUT2D eigenvalue weighted by atomic mass is 16.5. The molecule has 0 amide bonds. The zero-order chi connectivity index (χ0) is 15.0. The summed E-state index contributed by atoms with van der Waals surface area (Å²) in [4.78, 5) is 2.62. The van der Waals surface area contributed by atoms with E-state index in [1.54, 1.807) is 0 Å². The van der Waals surface area contributed by atoms with Crippen LogP contribution >= 0.6 is 0 Å². The monoisotopic (exact) mass is 288 g/mol. The molecule has 21 heavy (non-hydrogen) atoms. The third kappa shape index (κ3) is 2.41. The van der Waals surface area contributed by atoms with E-state index in [2.05, 4.69) is 49.9 Å². The van der Waals surface area contributed by atoms with Gasteiger partial charge in [-0.25, -0.2) is 0 Å². The molecule has 1 heterocycles. The molecule has 4 atom stereocenters. The summed E-state index contributed by atoms with van der Waals surface area (Å²) in [6, 6.07) is 9.33. The van der Waals surface area contributed by atoms with E-state index < -0.39 is 0 Å². The molecule has 3 nitrogen and oxygen atoms in total. The fourth-order valence-electron chi connectivity index (χ4n) is 4.22. The fraction of sp³-hybridized carbons (Fsp3) is 0.667. The van der Waals surface area contributed by atoms with Crippen LogP contribution in [-0.2, 0) is 10.3 Å². The van der Waals surface area contributed by atoms with Crippen molar-refractivity contribution in [3.63, 3.8) is 0 Å². The van der Waals surface area contributed by atoms with Crippen molar-refractivity contribution < 1.29 is 4.74 Å². The van der Waals surface area contributed by atoms with Crippen LogP contribution < -0.4 is 5.73 Å². The van der Waals surface area contributed by atoms with E-state index in [1.165, 1.54) is 17.5 Å². The second-order valence-corrected chi connectivity index (χ2v) is 6.91. The van der Waals surface area contributed by atoms with E-state index in [0.717, 1.165) is 19.6 Å². The molecule has 0 radical (unpaired) electrons. The molecule has 1 aliphatic heterocycles. The van der Waals surface area contributed by atoms with Gasteiger partial charge in [-0.15, -0.1) is 0 Å². The average Bonchev–Trinajstić information content (AvgIpc) is 2.51. The van der Waals surface area contributed by atoms with Crippen LogP contribution in [0.1, 0.15) is 50.7 Å². The summed E-state index contributed by atoms with van der Waals surface area (Å²) in [5.74, 6) is 0.634. The van der Waals surface area contributed by atoms with Gasteiger partial charge in [-0.2, -0.15) is 0 Å². The summed E-state index contributed by atoms with van der Waals surface area (Å²) in [5, 5.41) is 0. The first kappa shape index (κ1) is 15.0. The zero-order valence-corrected chi connectivity index (χ0v) is 13.5. The van der Waals surface area contributed by atoms with Crippen molar-refractivity contribution in [2.24, 2.45) is 5.73 Å². The predicted octanol–water partition coefficient (Wildman–Crippen LogP) is 2.85. The summed E-state index contributed by atoms with van der Waals surface area (Å²) in [5.41, 5.74) is 9.28. The zero-order valence-electron chi connectivity index (χ0n) is 13.5. The van der Waals surface area contributed by atoms with Gasteiger partial charge in [0.15, 0.2) is 0 Å². The Morgan fingerprint density at radius 3 is 2.81 bits per heavy atom. The molecule has 1 saturated heterocycles. The maximum atomic E-state index is 6.35. The Kier molecular flexibility index (Phi) is 4.08. The molecule has 0 bridgehead atoms. The number of hydrogen-bond donors (Lipinski definition) is 1. The Balaban J connectivity index is 2.06. The number of fused-ring (bicyclic) bond motifs is 1. The van der Waals surface area contributed by atoms with Gasteiger partial charge in [-0.05, 0) is 43.7 Å². The van der Waals surface area contributed by atoms with E-state index in [1.807, 2.05) is 0 Å². The van der Waals surface area contributed by atoms with Crippen molar-refractivity contribution in [1.29, 1.82) is 0 Å². The first-order chi connectivity index (χ1) is 10.1. The quantitative estimate of drug-likeness (QED) is 0.909. The van der Waals surface area contributed by atoms with Crippen molar-refractivity contribution in [3.05, 3.63) is 35.4 Å². The maximum absolute atomic E-state index is 6.35. The summed E-state index contributed by atoms with van der Waals surface area (Å²) in [6.07, 6.45) is 2.65. The van der Waals surface area contributed by atoms with E-state index >= 15 is 0 Å². The normalized spacial score (nSPS) is 37.2. The minimum absolute atomic E-state index is 0.0133. The third-order valence-electron chi connectivity index (χ3n) is 5.48. The Labute approximate surface area is 128 Å². The Hall–Kier alpha value is -0.900. The highest BCUT2D eigenvalue weighted by Crippen LogP contribution is 2.45. The molecule has 2 aliphatic rings. The molecule has 0 aromatic heterocycles. The van der Waals surface area contributed by atoms with Crippen molar-refractivity contribution in [2.45, 2.75) is 57.2 Å². The van der Waals surface area contributed by atoms with Gasteiger partial charge in [-0.1, -0.05) is 31.2 Å². The molecular formula is C18H28N2O. The molecule has 1 fully saturated rings. The highest BCUT2D eigenvalue weighted by molar-refractivity contribution is 5.39. The van der Waals surface area contributed by atoms with Gasteiger partial charge in [0.05, 0.1) is 18.2 Å². The summed E-state index contributed by atoms with van der Waals surface area (Å²) >= 11 is 0. The molecule has 3 rings (SSSR count). The Morgan fingerprint density at radius 2 is 2.05 bits per heavy atom. The summed E-state index contributed by atoms with van der Waals surface area (Å²) < 4.78 is 5.83. The van der Waals surface area contributed by atoms with Crippen LogP contribution in [0.3, 0.4) is 0 Å². The molecule has 116 valence electrons. The van der Waals surface area contributed by atoms with E-state index in [0.29, 0.717) is 18.5 Å². The summed E-state index contributed by atoms with van der Waals surface area (Å²) in [7, 11) is 0. The largest absolute Gasteiger partial charge is 0.376 e. The number of nitrogens with two attached hydrogens (primary N) is 1. The van der Waals surface area contributed by atoms with Crippen LogP contribution in [0.25, 0.3) is 0 Å². The first-order valence-electron chi connectivity index (χ1n) is 8.26. The predicted molar refractivity (Wildman–Crippen MR) is 86.4 cm³/mol. The van der Waals surface area contributed by atoms with Crippen LogP contribution in [-0.4, -0.2) is 36.7 Å². The van der Waals surface area contributed by atoms with Gasteiger partial charge >= 0.3 is 0 Å². The van der Waals surface area contributed by atoms with Gasteiger partial charge in [0, 0.05) is 19.1 Å². The van der Waals surface area contributed by atoms with Crippen molar-refractivity contribution in [2.75, 3.05) is 19.7 Å². The SMILES string of the molecule is CC1CN(C2(CN)CCC(C)c3ccccc32)C(C)CO1. The van der Waals surface area contributed by atoms with Crippen LogP contribution in [0.4, 0.5) is 0 Å². The van der Waals surface area contributed by atoms with Crippen LogP contribution in [0.2, 0.25) is 0 Å². The average molecular weight is 288 g/mol. The molecular weight excluding hydrogens is 260 g/mol. The standard InChI is InChI=1S/C18H28N2O/c1-13-8-9-18(12-19,17-7-5-4-6-16(13)17)20-10-15(3)21-11-14(20)2/h4-7,13-15H,8-12,19H2,1-3H3. The third-order valence-corrected chi connectivity index (χ3v) is 5.48. The lowest BCUT2D eigenvalue weighted by molar-refractivity contribution is -0.0999. The minimum atomic E-state index is -0.0133. The summed E-state index contributed by atoms with van der Waals surface area (Å²) in [6.45, 7) is 9.24. The molecule has 1 aliphatic carbocycles. The number of nitrogens with zero attached hydrogens (tertiary/aromatic N) is 1. The van der Waals surface area contributed by atoms with E-state index in [9.17, 15) is 0 Å². The molecule has 0 spiro atoms. The number of benzene rings is 1. The lowest BCUT2D eigenvalue weighted by Gasteiger charge is -2.53. The van der Waals surface area contributed by atoms with Gasteiger partial charge in [-0.3, -0.25) is 4.90 Å². The van der Waals surface area contributed by atoms with Crippen molar-refractivity contribution in [1.82, 2.24) is 4.90 Å². The van der Waals surface area contributed by atoms with Crippen molar-refractivity contribution >= 4 is 0 Å². The topological polar surface area (TPSA) is 38.5 Å². The number of ether oxygens (including phenoxy) is 1. The Bertz CT molecular complexity index is 504. The van der Waals surface area contributed by atoms with Crippen LogP contribution in [0, 0.1) is 0 Å². The van der Waals surface area contributed by atoms with Gasteiger partial charge < -0.3 is 10.5 Å². The van der Waals surface area contributed by atoms with E-state index in [-0.39, 0.29) is 11.6 Å². The minimum Gasteiger partial charge on any atom is -0.376 e. The highest BCUT2D eigenvalue weighted by Gasteiger charge is 2.45. The maximum Gasteiger partial charge on any atom is 0.0675 e. The fourth-order valence-corrected chi connectivity index (χ4v) is 4.22. The molecule has 1 aromatic rings. The first-order valence-corrected chi connectivity index (χ1v) is 8.26. The number of morpholine rings is 1. The van der Waals surface area contributed by atoms with Crippen molar-refractivity contribution in [3.8, 4) is 0 Å². The molecule has 3 heteroatoms.